The van der Waals surface area contributed by atoms with Crippen molar-refractivity contribution in [2.75, 3.05) is 32.8 Å². The number of hydrogen-bond donors (Lipinski definition) is 3. The number of carbonyl (C=O) groups excluding carboxylic acids is 3. The fourth-order valence-corrected chi connectivity index (χ4v) is 4.44. The number of carbonyl (C=O) groups is 5. The zero-order valence-electron chi connectivity index (χ0n) is 23.8. The number of nitrogens with zero attached hydrogens (tertiary/aromatic N) is 4. The largest absolute Gasteiger partial charge is 0.527 e. The van der Waals surface area contributed by atoms with Gasteiger partial charge in [0.15, 0.2) is 5.82 Å². The number of piperazine rings is 1. The molecule has 1 aliphatic rings. The Balaban J connectivity index is 1.57. The molecule has 1 aromatic heterocycles. The summed E-state index contributed by atoms with van der Waals surface area (Å²) in [5.74, 6) is -3.21. The number of carboxylic acids is 2. The van der Waals surface area contributed by atoms with Crippen LogP contribution in [0.15, 0.2) is 60.7 Å². The second kappa shape index (κ2) is 14.7. The number of hydrogen-bond acceptors (Lipinski definition) is 10. The van der Waals surface area contributed by atoms with Crippen molar-refractivity contribution in [3.63, 3.8) is 0 Å². The van der Waals surface area contributed by atoms with Gasteiger partial charge in [0.2, 0.25) is 5.91 Å². The number of benzene rings is 2. The van der Waals surface area contributed by atoms with Gasteiger partial charge < -0.3 is 30.0 Å². The summed E-state index contributed by atoms with van der Waals surface area (Å²) in [5.41, 5.74) is 1.50. The van der Waals surface area contributed by atoms with E-state index in [1.54, 1.807) is 43.3 Å². The second-order valence-corrected chi connectivity index (χ2v) is 9.70. The maximum Gasteiger partial charge on any atom is 0.527 e. The first kappa shape index (κ1) is 31.6. The molecule has 0 spiro atoms. The lowest BCUT2D eigenvalue weighted by Crippen LogP contribution is -2.55. The van der Waals surface area contributed by atoms with E-state index in [2.05, 4.69) is 15.3 Å². The predicted molar refractivity (Wildman–Crippen MR) is 154 cm³/mol. The Labute approximate surface area is 252 Å². The van der Waals surface area contributed by atoms with Gasteiger partial charge in [0.25, 0.3) is 5.91 Å². The average Bonchev–Trinajstić information content (AvgIpc) is 3.03. The predicted octanol–water partition coefficient (Wildman–Crippen LogP) is 2.70. The third kappa shape index (κ3) is 8.35. The lowest BCUT2D eigenvalue weighted by Gasteiger charge is -2.35. The summed E-state index contributed by atoms with van der Waals surface area (Å²) < 4.78 is 4.76. The first-order valence-corrected chi connectivity index (χ1v) is 13.8. The lowest BCUT2D eigenvalue weighted by atomic mass is 10.1. The van der Waals surface area contributed by atoms with Crippen LogP contribution in [0, 0.1) is 0 Å². The number of rotatable bonds is 11. The maximum absolute atomic E-state index is 13.6. The Bertz CT molecular complexity index is 1510. The van der Waals surface area contributed by atoms with Crippen molar-refractivity contribution in [2.45, 2.75) is 25.8 Å². The van der Waals surface area contributed by atoms with Crippen LogP contribution in [0.3, 0.4) is 0 Å². The highest BCUT2D eigenvalue weighted by molar-refractivity contribution is 5.97. The van der Waals surface area contributed by atoms with Crippen LogP contribution in [0.5, 0.6) is 0 Å². The quantitative estimate of drug-likeness (QED) is 0.272. The molecule has 1 saturated heterocycles. The highest BCUT2D eigenvalue weighted by atomic mass is 16.8. The van der Waals surface area contributed by atoms with Crippen LogP contribution in [-0.2, 0) is 19.2 Å². The summed E-state index contributed by atoms with van der Waals surface area (Å²) in [6.45, 7) is 2.52. The first-order chi connectivity index (χ1) is 21.1. The number of aromatic carboxylic acids is 1. The SMILES string of the molecule is CCOC(=O)ON1CCN(C(=O)[C@H](CCC(=O)O)NC(=O)c2cc(-c3ccc(C(=O)O)cc3)nc(-c3ccccc3)n2)CC1. The van der Waals surface area contributed by atoms with Crippen molar-refractivity contribution in [1.82, 2.24) is 25.2 Å². The van der Waals surface area contributed by atoms with Crippen molar-refractivity contribution in [1.29, 1.82) is 0 Å². The minimum Gasteiger partial charge on any atom is -0.481 e. The van der Waals surface area contributed by atoms with Crippen molar-refractivity contribution < 1.29 is 43.8 Å². The molecule has 1 fully saturated rings. The normalized spacial score (nSPS) is 13.9. The molecule has 1 aliphatic heterocycles. The molecular weight excluding hydrogens is 574 g/mol. The van der Waals surface area contributed by atoms with Gasteiger partial charge in [0.1, 0.15) is 11.7 Å². The van der Waals surface area contributed by atoms with Crippen LogP contribution in [-0.4, -0.2) is 98.9 Å². The smallest absolute Gasteiger partial charge is 0.481 e. The molecule has 0 bridgehead atoms. The third-order valence-corrected chi connectivity index (χ3v) is 6.68. The molecule has 0 radical (unpaired) electrons. The van der Waals surface area contributed by atoms with E-state index in [1.165, 1.54) is 28.2 Å². The molecule has 230 valence electrons. The van der Waals surface area contributed by atoms with Gasteiger partial charge >= 0.3 is 18.1 Å². The molecular formula is C30H31N5O9. The summed E-state index contributed by atoms with van der Waals surface area (Å²) in [4.78, 5) is 76.8. The molecule has 0 aliphatic carbocycles. The van der Waals surface area contributed by atoms with Crippen LogP contribution in [0.25, 0.3) is 22.6 Å². The Morgan fingerprint density at radius 2 is 1.59 bits per heavy atom. The molecule has 14 heteroatoms. The number of aromatic nitrogens is 2. The van der Waals surface area contributed by atoms with E-state index in [0.717, 1.165) is 0 Å². The zero-order chi connectivity index (χ0) is 31.6. The summed E-state index contributed by atoms with van der Waals surface area (Å²) in [6, 6.07) is 15.1. The fraction of sp³-hybridized carbons (Fsp3) is 0.300. The van der Waals surface area contributed by atoms with Gasteiger partial charge in [0.05, 0.1) is 31.0 Å². The molecule has 1 atom stereocenters. The molecule has 2 amide bonds. The summed E-state index contributed by atoms with van der Waals surface area (Å²) >= 11 is 0. The van der Waals surface area contributed by atoms with E-state index in [0.29, 0.717) is 16.8 Å². The van der Waals surface area contributed by atoms with Gasteiger partial charge in [-0.2, -0.15) is 0 Å². The number of hydroxylamine groups is 2. The van der Waals surface area contributed by atoms with Gasteiger partial charge in [-0.3, -0.25) is 14.4 Å². The Hall–Kier alpha value is -5.37. The summed E-state index contributed by atoms with van der Waals surface area (Å²) in [6.07, 6.45) is -1.39. The standard InChI is InChI=1S/C30H31N5O9/c1-2-43-30(42)44-35-16-14-34(15-17-35)28(39)22(12-13-25(36)37)33-27(38)24-18-23(19-8-10-21(11-9-19)29(40)41)31-26(32-24)20-6-4-3-5-7-20/h3-11,18,22H,2,12-17H2,1H3,(H,33,38)(H,36,37)(H,40,41)/t22-/m0/s1. The number of carboxylic acid groups (broad SMARTS) is 2. The molecule has 2 heterocycles. The maximum atomic E-state index is 13.6. The van der Waals surface area contributed by atoms with Crippen molar-refractivity contribution in [2.24, 2.45) is 0 Å². The minimum atomic E-state index is -1.18. The van der Waals surface area contributed by atoms with Crippen LogP contribution in [0.2, 0.25) is 0 Å². The van der Waals surface area contributed by atoms with E-state index in [-0.39, 0.29) is 62.7 Å². The Kier molecular flexibility index (Phi) is 10.5. The van der Waals surface area contributed by atoms with Gasteiger partial charge in [0, 0.05) is 30.6 Å². The van der Waals surface area contributed by atoms with Gasteiger partial charge in [-0.1, -0.05) is 42.5 Å². The van der Waals surface area contributed by atoms with E-state index >= 15 is 0 Å². The first-order valence-electron chi connectivity index (χ1n) is 13.8. The fourth-order valence-electron chi connectivity index (χ4n) is 4.44. The minimum absolute atomic E-state index is 0.0723. The van der Waals surface area contributed by atoms with Crippen LogP contribution < -0.4 is 5.32 Å². The molecule has 3 aromatic rings. The molecule has 0 saturated carbocycles. The zero-order valence-corrected chi connectivity index (χ0v) is 23.8. The van der Waals surface area contributed by atoms with E-state index < -0.39 is 36.0 Å². The van der Waals surface area contributed by atoms with Crippen molar-refractivity contribution in [3.8, 4) is 22.6 Å². The number of ether oxygens (including phenoxy) is 1. The van der Waals surface area contributed by atoms with E-state index in [1.807, 2.05) is 6.07 Å². The third-order valence-electron chi connectivity index (χ3n) is 6.68. The number of amides is 2. The molecule has 44 heavy (non-hydrogen) atoms. The molecule has 3 N–H and O–H groups in total. The van der Waals surface area contributed by atoms with Crippen LogP contribution >= 0.6 is 0 Å². The van der Waals surface area contributed by atoms with Gasteiger partial charge in [-0.05, 0) is 31.5 Å². The lowest BCUT2D eigenvalue weighted by molar-refractivity contribution is -0.157. The summed E-state index contributed by atoms with van der Waals surface area (Å²) in [5, 5.41) is 22.5. The molecule has 2 aromatic carbocycles. The van der Waals surface area contributed by atoms with Crippen molar-refractivity contribution in [3.05, 3.63) is 71.9 Å². The second-order valence-electron chi connectivity index (χ2n) is 9.70. The molecule has 14 nitrogen and oxygen atoms in total. The molecule has 4 rings (SSSR count). The highest BCUT2D eigenvalue weighted by Crippen LogP contribution is 2.23. The number of aliphatic carboxylic acids is 1. The molecule has 0 unspecified atom stereocenters. The Morgan fingerprint density at radius 1 is 0.909 bits per heavy atom. The van der Waals surface area contributed by atoms with E-state index in [4.69, 9.17) is 9.57 Å². The van der Waals surface area contributed by atoms with E-state index in [9.17, 15) is 34.2 Å². The van der Waals surface area contributed by atoms with Crippen LogP contribution in [0.1, 0.15) is 40.6 Å². The van der Waals surface area contributed by atoms with Gasteiger partial charge in [-0.25, -0.2) is 19.6 Å². The monoisotopic (exact) mass is 605 g/mol. The van der Waals surface area contributed by atoms with Crippen molar-refractivity contribution >= 4 is 29.9 Å². The van der Waals surface area contributed by atoms with Gasteiger partial charge in [-0.15, -0.1) is 5.06 Å². The summed E-state index contributed by atoms with van der Waals surface area (Å²) in [7, 11) is 0. The Morgan fingerprint density at radius 3 is 2.20 bits per heavy atom. The van der Waals surface area contributed by atoms with Crippen LogP contribution in [0.4, 0.5) is 4.79 Å². The number of nitrogens with one attached hydrogen (secondary N) is 1. The average molecular weight is 606 g/mol. The highest BCUT2D eigenvalue weighted by Gasteiger charge is 2.31. The topological polar surface area (TPSA) is 189 Å².